The minimum atomic E-state index is -0.570. The van der Waals surface area contributed by atoms with Crippen LogP contribution in [0.3, 0.4) is 0 Å². The second-order valence-corrected chi connectivity index (χ2v) is 3.27. The fraction of sp³-hybridized carbons (Fsp3) is 0.600. The fourth-order valence-corrected chi connectivity index (χ4v) is 1.58. The summed E-state index contributed by atoms with van der Waals surface area (Å²) in [6, 6.07) is 2.00. The molecule has 0 aliphatic heterocycles. The van der Waals surface area contributed by atoms with Gasteiger partial charge in [-0.1, -0.05) is 6.42 Å². The van der Waals surface area contributed by atoms with Crippen LogP contribution in [-0.2, 0) is 4.74 Å². The van der Waals surface area contributed by atoms with Crippen molar-refractivity contribution in [1.29, 1.82) is 5.26 Å². The maximum atomic E-state index is 10.9. The Morgan fingerprint density at radius 1 is 1.43 bits per heavy atom. The van der Waals surface area contributed by atoms with Gasteiger partial charge >= 0.3 is 6.09 Å². The Hall–Kier alpha value is -1.50. The van der Waals surface area contributed by atoms with E-state index in [1.54, 1.807) is 0 Å². The maximum Gasteiger partial charge on any atom is 0.411 e. The van der Waals surface area contributed by atoms with Crippen molar-refractivity contribution in [2.24, 2.45) is 0 Å². The molecular formula is C10H14N2O2. The third-order valence-corrected chi connectivity index (χ3v) is 2.33. The Morgan fingerprint density at radius 2 is 2.07 bits per heavy atom. The summed E-state index contributed by atoms with van der Waals surface area (Å²) in [5.41, 5.74) is 1.42. The number of rotatable bonds is 1. The van der Waals surface area contributed by atoms with Crippen molar-refractivity contribution in [3.8, 4) is 6.07 Å². The van der Waals surface area contributed by atoms with Crippen molar-refractivity contribution in [1.82, 2.24) is 5.32 Å². The third kappa shape index (κ3) is 2.77. The Labute approximate surface area is 83.5 Å². The lowest BCUT2D eigenvalue weighted by Crippen LogP contribution is -2.23. The summed E-state index contributed by atoms with van der Waals surface area (Å²) in [6.07, 6.45) is 4.66. The molecular weight excluding hydrogens is 180 g/mol. The molecule has 1 fully saturated rings. The lowest BCUT2D eigenvalue weighted by molar-refractivity contribution is 0.174. The Balaban J connectivity index is 2.68. The van der Waals surface area contributed by atoms with Crippen molar-refractivity contribution in [3.05, 3.63) is 11.3 Å². The zero-order valence-corrected chi connectivity index (χ0v) is 8.30. The fourth-order valence-electron chi connectivity index (χ4n) is 1.58. The predicted octanol–water partition coefficient (Wildman–Crippen LogP) is 2.08. The number of hydrogen-bond acceptors (Lipinski definition) is 3. The number of alkyl carbamates (subject to hydrolysis) is 1. The molecule has 1 aliphatic carbocycles. The van der Waals surface area contributed by atoms with Gasteiger partial charge in [-0.15, -0.1) is 0 Å². The van der Waals surface area contributed by atoms with E-state index in [0.717, 1.165) is 31.3 Å². The van der Waals surface area contributed by atoms with Crippen LogP contribution in [0.2, 0.25) is 0 Å². The highest BCUT2D eigenvalue weighted by molar-refractivity contribution is 5.70. The van der Waals surface area contributed by atoms with E-state index in [9.17, 15) is 4.79 Å². The van der Waals surface area contributed by atoms with Crippen LogP contribution < -0.4 is 5.32 Å². The highest BCUT2D eigenvalue weighted by Crippen LogP contribution is 2.24. The van der Waals surface area contributed by atoms with E-state index in [4.69, 9.17) is 5.26 Å². The summed E-state index contributed by atoms with van der Waals surface area (Å²) in [4.78, 5) is 10.9. The highest BCUT2D eigenvalue weighted by atomic mass is 16.5. The molecule has 1 amide bonds. The topological polar surface area (TPSA) is 62.1 Å². The minimum Gasteiger partial charge on any atom is -0.453 e. The minimum absolute atomic E-state index is 0.372. The molecule has 0 aromatic rings. The lowest BCUT2D eigenvalue weighted by Gasteiger charge is -2.15. The second-order valence-electron chi connectivity index (χ2n) is 3.27. The summed E-state index contributed by atoms with van der Waals surface area (Å²) >= 11 is 0. The van der Waals surface area contributed by atoms with Gasteiger partial charge in [0.1, 0.15) is 11.8 Å². The standard InChI is InChI=1S/C10H14N2O2/c1-14-10(13)12-9(7-11)8-5-3-2-4-6-8/h2-6H2,1H3,(H,12,13). The Bertz CT molecular complexity index is 281. The number of amides is 1. The SMILES string of the molecule is COC(=O)NC(C#N)=C1CCCCC1. The average molecular weight is 194 g/mol. The van der Waals surface area contributed by atoms with Gasteiger partial charge in [0.25, 0.3) is 0 Å². The smallest absolute Gasteiger partial charge is 0.411 e. The van der Waals surface area contributed by atoms with E-state index in [0.29, 0.717) is 5.70 Å². The second kappa shape index (κ2) is 5.28. The first-order valence-corrected chi connectivity index (χ1v) is 4.75. The van der Waals surface area contributed by atoms with Crippen molar-refractivity contribution >= 4 is 6.09 Å². The van der Waals surface area contributed by atoms with Crippen molar-refractivity contribution in [3.63, 3.8) is 0 Å². The summed E-state index contributed by atoms with van der Waals surface area (Å²) in [6.45, 7) is 0. The molecule has 1 saturated carbocycles. The highest BCUT2D eigenvalue weighted by Gasteiger charge is 2.13. The third-order valence-electron chi connectivity index (χ3n) is 2.33. The van der Waals surface area contributed by atoms with Crippen LogP contribution in [-0.4, -0.2) is 13.2 Å². The first-order chi connectivity index (χ1) is 6.77. The van der Waals surface area contributed by atoms with Crippen LogP contribution in [0.1, 0.15) is 32.1 Å². The van der Waals surface area contributed by atoms with E-state index in [1.807, 2.05) is 6.07 Å². The van der Waals surface area contributed by atoms with E-state index >= 15 is 0 Å². The molecule has 0 heterocycles. The van der Waals surface area contributed by atoms with Crippen LogP contribution >= 0.6 is 0 Å². The Kier molecular flexibility index (Phi) is 3.99. The molecule has 4 heteroatoms. The molecule has 1 rings (SSSR count). The molecule has 0 bridgehead atoms. The number of nitriles is 1. The monoisotopic (exact) mass is 194 g/mol. The molecule has 14 heavy (non-hydrogen) atoms. The Morgan fingerprint density at radius 3 is 2.57 bits per heavy atom. The summed E-state index contributed by atoms with van der Waals surface area (Å²) in [7, 11) is 1.29. The molecule has 0 atom stereocenters. The number of nitrogens with one attached hydrogen (secondary N) is 1. The molecule has 1 aliphatic rings. The van der Waals surface area contributed by atoms with Gasteiger partial charge in [-0.05, 0) is 31.3 Å². The normalized spacial score (nSPS) is 15.6. The number of nitrogens with zero attached hydrogens (tertiary/aromatic N) is 1. The largest absolute Gasteiger partial charge is 0.453 e. The van der Waals surface area contributed by atoms with E-state index in [2.05, 4.69) is 10.1 Å². The van der Waals surface area contributed by atoms with Crippen LogP contribution in [0.5, 0.6) is 0 Å². The number of methoxy groups -OCH3 is 1. The summed E-state index contributed by atoms with van der Waals surface area (Å²) < 4.78 is 4.44. The lowest BCUT2D eigenvalue weighted by atomic mass is 9.93. The first kappa shape index (κ1) is 10.6. The number of allylic oxidation sites excluding steroid dienone is 2. The molecule has 0 spiro atoms. The molecule has 0 aromatic carbocycles. The molecule has 0 radical (unpaired) electrons. The predicted molar refractivity (Wildman–Crippen MR) is 51.3 cm³/mol. The number of ether oxygens (including phenoxy) is 1. The van der Waals surface area contributed by atoms with E-state index in [1.165, 1.54) is 13.5 Å². The van der Waals surface area contributed by atoms with Gasteiger partial charge < -0.3 is 4.74 Å². The molecule has 0 saturated heterocycles. The molecule has 4 nitrogen and oxygen atoms in total. The zero-order chi connectivity index (χ0) is 10.4. The van der Waals surface area contributed by atoms with Crippen molar-refractivity contribution < 1.29 is 9.53 Å². The van der Waals surface area contributed by atoms with Crippen LogP contribution in [0, 0.1) is 11.3 Å². The van der Waals surface area contributed by atoms with Gasteiger partial charge in [-0.2, -0.15) is 5.26 Å². The summed E-state index contributed by atoms with van der Waals surface area (Å²) in [5.74, 6) is 0. The number of hydrogen-bond donors (Lipinski definition) is 1. The van der Waals surface area contributed by atoms with Gasteiger partial charge in [0.2, 0.25) is 0 Å². The van der Waals surface area contributed by atoms with Crippen molar-refractivity contribution in [2.75, 3.05) is 7.11 Å². The average Bonchev–Trinajstić information content (AvgIpc) is 2.26. The van der Waals surface area contributed by atoms with Gasteiger partial charge in [0.15, 0.2) is 0 Å². The van der Waals surface area contributed by atoms with E-state index in [-0.39, 0.29) is 0 Å². The number of carbonyl (C=O) groups excluding carboxylic acids is 1. The molecule has 76 valence electrons. The van der Waals surface area contributed by atoms with Gasteiger partial charge in [-0.25, -0.2) is 4.79 Å². The van der Waals surface area contributed by atoms with Gasteiger partial charge in [0, 0.05) is 0 Å². The van der Waals surface area contributed by atoms with Crippen LogP contribution in [0.25, 0.3) is 0 Å². The summed E-state index contributed by atoms with van der Waals surface area (Å²) in [5, 5.41) is 11.3. The molecule has 0 aromatic heterocycles. The number of carbonyl (C=O) groups is 1. The van der Waals surface area contributed by atoms with Crippen LogP contribution in [0.15, 0.2) is 11.3 Å². The van der Waals surface area contributed by atoms with Gasteiger partial charge in [0.05, 0.1) is 7.11 Å². The quantitative estimate of drug-likeness (QED) is 0.650. The van der Waals surface area contributed by atoms with Crippen molar-refractivity contribution in [2.45, 2.75) is 32.1 Å². The van der Waals surface area contributed by atoms with E-state index < -0.39 is 6.09 Å². The zero-order valence-electron chi connectivity index (χ0n) is 8.30. The first-order valence-electron chi connectivity index (χ1n) is 4.75. The van der Waals surface area contributed by atoms with Crippen LogP contribution in [0.4, 0.5) is 4.79 Å². The maximum absolute atomic E-state index is 10.9. The van der Waals surface area contributed by atoms with Gasteiger partial charge in [-0.3, -0.25) is 5.32 Å². The molecule has 0 unspecified atom stereocenters. The molecule has 1 N–H and O–H groups in total.